The number of benzene rings is 2. The third kappa shape index (κ3) is 4.56. The second-order valence-electron chi connectivity index (χ2n) is 6.49. The van der Waals surface area contributed by atoms with Crippen molar-refractivity contribution in [2.75, 3.05) is 45.2 Å². The molecule has 1 amide bonds. The van der Waals surface area contributed by atoms with Crippen LogP contribution in [0.3, 0.4) is 0 Å². The summed E-state index contributed by atoms with van der Waals surface area (Å²) in [5.41, 5.74) is 2.81. The van der Waals surface area contributed by atoms with E-state index in [0.29, 0.717) is 12.1 Å². The number of anilines is 1. The first kappa shape index (κ1) is 18.7. The van der Waals surface area contributed by atoms with Gasteiger partial charge in [-0.05, 0) is 49.0 Å². The van der Waals surface area contributed by atoms with Gasteiger partial charge >= 0.3 is 0 Å². The topological polar surface area (TPSA) is 44.8 Å². The van der Waals surface area contributed by atoms with Gasteiger partial charge in [-0.1, -0.05) is 22.0 Å². The Morgan fingerprint density at radius 2 is 1.81 bits per heavy atom. The van der Waals surface area contributed by atoms with Crippen LogP contribution in [0.4, 0.5) is 5.69 Å². The molecule has 2 aromatic carbocycles. The molecule has 0 spiro atoms. The van der Waals surface area contributed by atoms with Crippen molar-refractivity contribution in [3.63, 3.8) is 0 Å². The fraction of sp³-hybridized carbons (Fsp3) is 0.350. The fourth-order valence-electron chi connectivity index (χ4n) is 3.03. The smallest absolute Gasteiger partial charge is 0.251 e. The quantitative estimate of drug-likeness (QED) is 0.811. The summed E-state index contributed by atoms with van der Waals surface area (Å²) < 4.78 is 6.50. The highest BCUT2D eigenvalue weighted by molar-refractivity contribution is 9.10. The molecule has 1 N–H and O–H groups in total. The van der Waals surface area contributed by atoms with Gasteiger partial charge in [-0.25, -0.2) is 0 Å². The molecule has 2 aromatic rings. The maximum absolute atomic E-state index is 12.3. The lowest BCUT2D eigenvalue weighted by atomic mass is 10.1. The minimum atomic E-state index is -0.0746. The maximum Gasteiger partial charge on any atom is 0.251 e. The monoisotopic (exact) mass is 417 g/mol. The lowest BCUT2D eigenvalue weighted by Gasteiger charge is -2.35. The van der Waals surface area contributed by atoms with Gasteiger partial charge < -0.3 is 19.9 Å². The molecule has 3 rings (SSSR count). The van der Waals surface area contributed by atoms with E-state index in [0.717, 1.165) is 47.7 Å². The van der Waals surface area contributed by atoms with Crippen molar-refractivity contribution in [1.29, 1.82) is 0 Å². The third-order valence-electron chi connectivity index (χ3n) is 4.65. The van der Waals surface area contributed by atoms with Crippen molar-refractivity contribution in [2.45, 2.75) is 6.54 Å². The summed E-state index contributed by atoms with van der Waals surface area (Å²) in [5.74, 6) is 0.798. The number of carbonyl (C=O) groups excluding carboxylic acids is 1. The number of hydrogen-bond donors (Lipinski definition) is 1. The number of hydrogen-bond acceptors (Lipinski definition) is 4. The molecule has 1 heterocycles. The molecule has 26 heavy (non-hydrogen) atoms. The molecule has 0 aliphatic carbocycles. The Morgan fingerprint density at radius 1 is 1.12 bits per heavy atom. The molecule has 1 fully saturated rings. The van der Waals surface area contributed by atoms with E-state index >= 15 is 0 Å². The lowest BCUT2D eigenvalue weighted by molar-refractivity contribution is 0.0951. The average molecular weight is 418 g/mol. The van der Waals surface area contributed by atoms with Gasteiger partial charge in [-0.3, -0.25) is 4.79 Å². The molecule has 0 bridgehead atoms. The molecule has 5 nitrogen and oxygen atoms in total. The molecule has 1 aliphatic heterocycles. The van der Waals surface area contributed by atoms with E-state index in [1.54, 1.807) is 7.11 Å². The first-order chi connectivity index (χ1) is 12.6. The second-order valence-corrected chi connectivity index (χ2v) is 7.40. The van der Waals surface area contributed by atoms with E-state index in [9.17, 15) is 4.79 Å². The molecule has 0 unspecified atom stereocenters. The van der Waals surface area contributed by atoms with E-state index in [2.05, 4.69) is 44.2 Å². The van der Waals surface area contributed by atoms with Crippen molar-refractivity contribution in [3.8, 4) is 5.75 Å². The molecule has 0 radical (unpaired) electrons. The summed E-state index contributed by atoms with van der Waals surface area (Å²) in [6.45, 7) is 4.50. The Labute approximate surface area is 163 Å². The van der Waals surface area contributed by atoms with Crippen molar-refractivity contribution < 1.29 is 9.53 Å². The van der Waals surface area contributed by atoms with Crippen molar-refractivity contribution >= 4 is 27.5 Å². The molecule has 0 saturated carbocycles. The van der Waals surface area contributed by atoms with Crippen molar-refractivity contribution in [3.05, 3.63) is 58.1 Å². The normalized spacial score (nSPS) is 15.0. The van der Waals surface area contributed by atoms with Crippen molar-refractivity contribution in [2.24, 2.45) is 0 Å². The van der Waals surface area contributed by atoms with Gasteiger partial charge in [0.1, 0.15) is 5.75 Å². The summed E-state index contributed by atoms with van der Waals surface area (Å²) in [6, 6.07) is 13.5. The molecule has 1 saturated heterocycles. The zero-order valence-corrected chi connectivity index (χ0v) is 16.8. The van der Waals surface area contributed by atoms with Crippen LogP contribution in [-0.2, 0) is 6.54 Å². The van der Waals surface area contributed by atoms with Crippen LogP contribution >= 0.6 is 15.9 Å². The molecule has 138 valence electrons. The molecule has 6 heteroatoms. The third-order valence-corrected chi connectivity index (χ3v) is 5.18. The van der Waals surface area contributed by atoms with Gasteiger partial charge in [0.05, 0.1) is 12.8 Å². The predicted molar refractivity (Wildman–Crippen MR) is 108 cm³/mol. The molecular weight excluding hydrogens is 394 g/mol. The number of piperazine rings is 1. The number of ether oxygens (including phenoxy) is 1. The van der Waals surface area contributed by atoms with Gasteiger partial charge in [-0.15, -0.1) is 0 Å². The Bertz CT molecular complexity index is 756. The Balaban J connectivity index is 1.69. The van der Waals surface area contributed by atoms with E-state index < -0.39 is 0 Å². The van der Waals surface area contributed by atoms with Crippen molar-refractivity contribution in [1.82, 2.24) is 10.2 Å². The number of halogens is 1. The first-order valence-electron chi connectivity index (χ1n) is 8.71. The zero-order chi connectivity index (χ0) is 18.5. The summed E-state index contributed by atoms with van der Waals surface area (Å²) in [6.07, 6.45) is 0. The maximum atomic E-state index is 12.3. The fourth-order valence-corrected chi connectivity index (χ4v) is 3.29. The largest absolute Gasteiger partial charge is 0.495 e. The number of rotatable bonds is 5. The highest BCUT2D eigenvalue weighted by atomic mass is 79.9. The van der Waals surface area contributed by atoms with E-state index in [4.69, 9.17) is 4.74 Å². The standard InChI is InChI=1S/C20H24BrN3O2/c1-23-9-11-24(12-10-23)18-13-15(3-8-19(18)26-2)14-22-20(25)16-4-6-17(21)7-5-16/h3-8,13H,9-12,14H2,1-2H3,(H,22,25). The highest BCUT2D eigenvalue weighted by Gasteiger charge is 2.18. The van der Waals surface area contributed by atoms with Gasteiger partial charge in [-0.2, -0.15) is 0 Å². The van der Waals surface area contributed by atoms with Crippen LogP contribution in [0.5, 0.6) is 5.75 Å². The van der Waals surface area contributed by atoms with E-state index in [1.165, 1.54) is 0 Å². The minimum Gasteiger partial charge on any atom is -0.495 e. The van der Waals surface area contributed by atoms with Gasteiger partial charge in [0.15, 0.2) is 0 Å². The van der Waals surface area contributed by atoms with Gasteiger partial charge in [0.25, 0.3) is 5.91 Å². The van der Waals surface area contributed by atoms with Crippen LogP contribution in [-0.4, -0.2) is 51.1 Å². The first-order valence-corrected chi connectivity index (χ1v) is 9.50. The van der Waals surface area contributed by atoms with Crippen LogP contribution in [0, 0.1) is 0 Å². The summed E-state index contributed by atoms with van der Waals surface area (Å²) in [4.78, 5) is 17.0. The number of nitrogens with zero attached hydrogens (tertiary/aromatic N) is 2. The molecule has 0 atom stereocenters. The van der Waals surface area contributed by atoms with Crippen LogP contribution < -0.4 is 15.0 Å². The Kier molecular flexibility index (Phi) is 6.16. The Hall–Kier alpha value is -2.05. The van der Waals surface area contributed by atoms with Gasteiger partial charge in [0, 0.05) is 42.8 Å². The molecule has 0 aromatic heterocycles. The summed E-state index contributed by atoms with van der Waals surface area (Å²) in [7, 11) is 3.84. The van der Waals surface area contributed by atoms with Gasteiger partial charge in [0.2, 0.25) is 0 Å². The van der Waals surface area contributed by atoms with E-state index in [1.807, 2.05) is 36.4 Å². The zero-order valence-electron chi connectivity index (χ0n) is 15.2. The summed E-state index contributed by atoms with van der Waals surface area (Å²) in [5, 5.41) is 2.99. The van der Waals surface area contributed by atoms with Crippen LogP contribution in [0.25, 0.3) is 0 Å². The highest BCUT2D eigenvalue weighted by Crippen LogP contribution is 2.30. The lowest BCUT2D eigenvalue weighted by Crippen LogP contribution is -2.44. The van der Waals surface area contributed by atoms with Crippen LogP contribution in [0.15, 0.2) is 46.9 Å². The second kappa shape index (κ2) is 8.56. The van der Waals surface area contributed by atoms with E-state index in [-0.39, 0.29) is 5.91 Å². The number of methoxy groups -OCH3 is 1. The Morgan fingerprint density at radius 3 is 2.46 bits per heavy atom. The van der Waals surface area contributed by atoms with Crippen LogP contribution in [0.2, 0.25) is 0 Å². The average Bonchev–Trinajstić information content (AvgIpc) is 2.67. The predicted octanol–water partition coefficient (Wildman–Crippen LogP) is 3.14. The minimum absolute atomic E-state index is 0.0746. The SMILES string of the molecule is COc1ccc(CNC(=O)c2ccc(Br)cc2)cc1N1CCN(C)CC1. The van der Waals surface area contributed by atoms with Crippen LogP contribution in [0.1, 0.15) is 15.9 Å². The molecular formula is C20H24BrN3O2. The summed E-state index contributed by atoms with van der Waals surface area (Å²) >= 11 is 3.38. The number of nitrogens with one attached hydrogen (secondary N) is 1. The number of amides is 1. The molecule has 1 aliphatic rings. The number of carbonyl (C=O) groups is 1. The number of likely N-dealkylation sites (N-methyl/N-ethyl adjacent to an activating group) is 1.